The van der Waals surface area contributed by atoms with E-state index >= 15 is 0 Å². The van der Waals surface area contributed by atoms with Gasteiger partial charge in [0.2, 0.25) is 0 Å². The third-order valence-electron chi connectivity index (χ3n) is 9.77. The summed E-state index contributed by atoms with van der Waals surface area (Å²) in [5.74, 6) is 0.899. The van der Waals surface area contributed by atoms with Crippen LogP contribution in [0.25, 0.3) is 59.4 Å². The molecule has 0 fully saturated rings. The summed E-state index contributed by atoms with van der Waals surface area (Å²) in [4.78, 5) is 9.74. The molecule has 9 aromatic rings. The fraction of sp³-hybridized carbons (Fsp3) is 0.0233. The number of fused-ring (bicyclic) bond motifs is 5. The molecular formula is C43H27N3S. The number of pyridine rings is 1. The van der Waals surface area contributed by atoms with Crippen molar-refractivity contribution < 1.29 is 0 Å². The third-order valence-corrected chi connectivity index (χ3v) is 10.9. The number of benzene rings is 6. The van der Waals surface area contributed by atoms with Gasteiger partial charge in [-0.15, -0.1) is 11.3 Å². The highest BCUT2D eigenvalue weighted by atomic mass is 32.1. The summed E-state index contributed by atoms with van der Waals surface area (Å²) in [6.45, 7) is 0. The summed E-state index contributed by atoms with van der Waals surface area (Å²) in [7, 11) is 0. The van der Waals surface area contributed by atoms with E-state index in [9.17, 15) is 0 Å². The molecule has 4 heteroatoms. The quantitative estimate of drug-likeness (QED) is 0.197. The Balaban J connectivity index is 1.34. The molecule has 220 valence electrons. The van der Waals surface area contributed by atoms with E-state index in [1.807, 2.05) is 29.8 Å². The van der Waals surface area contributed by atoms with Crippen LogP contribution in [0.1, 0.15) is 22.3 Å². The van der Waals surface area contributed by atoms with Gasteiger partial charge in [0.15, 0.2) is 0 Å². The molecule has 3 nitrogen and oxygen atoms in total. The molecule has 0 radical (unpaired) electrons. The van der Waals surface area contributed by atoms with Crippen molar-refractivity contribution in [1.82, 2.24) is 14.5 Å². The van der Waals surface area contributed by atoms with Crippen LogP contribution in [-0.4, -0.2) is 14.5 Å². The summed E-state index contributed by atoms with van der Waals surface area (Å²) < 4.78 is 4.99. The maximum atomic E-state index is 5.27. The Bertz CT molecular complexity index is 2580. The van der Waals surface area contributed by atoms with E-state index < -0.39 is 5.41 Å². The lowest BCUT2D eigenvalue weighted by atomic mass is 9.63. The number of thiophene rings is 1. The second-order valence-corrected chi connectivity index (χ2v) is 13.3. The van der Waals surface area contributed by atoms with E-state index in [4.69, 9.17) is 4.98 Å². The molecule has 1 aliphatic heterocycles. The molecule has 6 aromatic carbocycles. The minimum absolute atomic E-state index is 0.575. The highest BCUT2D eigenvalue weighted by Gasteiger charge is 2.45. The number of imidazole rings is 1. The number of aromatic nitrogens is 3. The Morgan fingerprint density at radius 3 is 2.04 bits per heavy atom. The minimum Gasteiger partial charge on any atom is -0.292 e. The Labute approximate surface area is 276 Å². The summed E-state index contributed by atoms with van der Waals surface area (Å²) in [6.07, 6.45) is 3.73. The number of para-hydroxylation sites is 1. The summed E-state index contributed by atoms with van der Waals surface area (Å²) in [5, 5.41) is 2.62. The highest BCUT2D eigenvalue weighted by molar-refractivity contribution is 7.25. The van der Waals surface area contributed by atoms with Crippen molar-refractivity contribution >= 4 is 42.5 Å². The SMILES string of the molecule is c1ccc(C2(c3ccccc3)c3cc(-c4ccc5sc6ccccc6c5c4)ccc3-n3c(-c4cccnc4)nc4cccc2c43)cc1. The molecule has 0 amide bonds. The zero-order valence-corrected chi connectivity index (χ0v) is 26.2. The minimum atomic E-state index is -0.575. The molecule has 0 saturated carbocycles. The van der Waals surface area contributed by atoms with Crippen molar-refractivity contribution in [2.75, 3.05) is 0 Å². The normalized spacial score (nSPS) is 13.3. The van der Waals surface area contributed by atoms with Crippen LogP contribution in [0.15, 0.2) is 164 Å². The lowest BCUT2D eigenvalue weighted by Gasteiger charge is -2.41. The number of hydrogen-bond donors (Lipinski definition) is 0. The van der Waals surface area contributed by atoms with Gasteiger partial charge in [-0.1, -0.05) is 103 Å². The molecule has 0 aliphatic carbocycles. The van der Waals surface area contributed by atoms with Crippen molar-refractivity contribution in [3.63, 3.8) is 0 Å². The molecule has 0 atom stereocenters. The molecule has 0 saturated heterocycles. The predicted octanol–water partition coefficient (Wildman–Crippen LogP) is 10.8. The first-order valence-electron chi connectivity index (χ1n) is 15.9. The fourth-order valence-electron chi connectivity index (χ4n) is 7.78. The lowest BCUT2D eigenvalue weighted by Crippen LogP contribution is -2.35. The molecule has 3 aromatic heterocycles. The summed E-state index contributed by atoms with van der Waals surface area (Å²) >= 11 is 1.86. The maximum absolute atomic E-state index is 5.27. The Hall–Kier alpha value is -5.84. The topological polar surface area (TPSA) is 30.7 Å². The van der Waals surface area contributed by atoms with Crippen LogP contribution in [0.2, 0.25) is 0 Å². The molecule has 47 heavy (non-hydrogen) atoms. The van der Waals surface area contributed by atoms with Gasteiger partial charge in [0.05, 0.1) is 22.1 Å². The molecule has 1 aliphatic rings. The monoisotopic (exact) mass is 617 g/mol. The molecule has 0 unspecified atom stereocenters. The third kappa shape index (κ3) is 3.73. The average Bonchev–Trinajstić information content (AvgIpc) is 3.72. The van der Waals surface area contributed by atoms with Crippen LogP contribution < -0.4 is 0 Å². The van der Waals surface area contributed by atoms with Gasteiger partial charge in [-0.3, -0.25) is 9.55 Å². The van der Waals surface area contributed by atoms with Gasteiger partial charge in [-0.05, 0) is 81.9 Å². The fourth-order valence-corrected chi connectivity index (χ4v) is 8.87. The van der Waals surface area contributed by atoms with E-state index in [1.54, 1.807) is 0 Å². The largest absolute Gasteiger partial charge is 0.292 e. The van der Waals surface area contributed by atoms with E-state index in [0.29, 0.717) is 0 Å². The Kier molecular flexibility index (Phi) is 5.66. The van der Waals surface area contributed by atoms with E-state index in [0.717, 1.165) is 28.1 Å². The van der Waals surface area contributed by atoms with Crippen molar-refractivity contribution in [2.24, 2.45) is 0 Å². The van der Waals surface area contributed by atoms with Crippen LogP contribution in [-0.2, 0) is 5.41 Å². The summed E-state index contributed by atoms with van der Waals surface area (Å²) in [6, 6.07) is 55.3. The van der Waals surface area contributed by atoms with Gasteiger partial charge in [0, 0.05) is 38.1 Å². The van der Waals surface area contributed by atoms with Gasteiger partial charge < -0.3 is 0 Å². The number of rotatable bonds is 4. The smallest absolute Gasteiger partial charge is 0.147 e. The van der Waals surface area contributed by atoms with Gasteiger partial charge in [-0.2, -0.15) is 0 Å². The molecule has 0 spiro atoms. The van der Waals surface area contributed by atoms with Gasteiger partial charge in [0.1, 0.15) is 5.82 Å². The van der Waals surface area contributed by atoms with Gasteiger partial charge >= 0.3 is 0 Å². The van der Waals surface area contributed by atoms with E-state index in [-0.39, 0.29) is 0 Å². The lowest BCUT2D eigenvalue weighted by molar-refractivity contribution is 0.726. The average molecular weight is 618 g/mol. The standard InChI is InChI=1S/C43H27N3S/c1-3-12-31(13-4-1)43(32-14-5-2-6-15-32)35-17-9-18-37-41(35)46(42(45-37)30-11-10-24-44-27-30)38-22-20-29(26-36(38)43)28-21-23-40-34(25-28)33-16-7-8-19-39(33)47-40/h1-27H. The van der Waals surface area contributed by atoms with Gasteiger partial charge in [0.25, 0.3) is 0 Å². The number of hydrogen-bond acceptors (Lipinski definition) is 3. The zero-order chi connectivity index (χ0) is 31.0. The second kappa shape index (κ2) is 10.1. The Morgan fingerprint density at radius 2 is 1.26 bits per heavy atom. The van der Waals surface area contributed by atoms with Crippen LogP contribution in [0.5, 0.6) is 0 Å². The van der Waals surface area contributed by atoms with Crippen molar-refractivity contribution in [3.8, 4) is 28.2 Å². The van der Waals surface area contributed by atoms with E-state index in [1.165, 1.54) is 53.6 Å². The summed E-state index contributed by atoms with van der Waals surface area (Å²) in [5.41, 5.74) is 11.0. The zero-order valence-electron chi connectivity index (χ0n) is 25.3. The second-order valence-electron chi connectivity index (χ2n) is 12.2. The number of nitrogens with zero attached hydrogens (tertiary/aromatic N) is 3. The van der Waals surface area contributed by atoms with Crippen LogP contribution in [0, 0.1) is 0 Å². The van der Waals surface area contributed by atoms with Gasteiger partial charge in [-0.25, -0.2) is 4.98 Å². The first-order valence-corrected chi connectivity index (χ1v) is 16.7. The van der Waals surface area contributed by atoms with Crippen molar-refractivity contribution in [1.29, 1.82) is 0 Å². The molecule has 0 N–H and O–H groups in total. The van der Waals surface area contributed by atoms with Crippen molar-refractivity contribution in [3.05, 3.63) is 186 Å². The van der Waals surface area contributed by atoms with Crippen LogP contribution >= 0.6 is 11.3 Å². The predicted molar refractivity (Wildman–Crippen MR) is 194 cm³/mol. The molecule has 4 heterocycles. The van der Waals surface area contributed by atoms with E-state index in [2.05, 4.69) is 155 Å². The first kappa shape index (κ1) is 26.4. The highest BCUT2D eigenvalue weighted by Crippen LogP contribution is 2.54. The molecular weight excluding hydrogens is 591 g/mol. The van der Waals surface area contributed by atoms with Crippen molar-refractivity contribution in [2.45, 2.75) is 5.41 Å². The Morgan fingerprint density at radius 1 is 0.532 bits per heavy atom. The first-order chi connectivity index (χ1) is 23.3. The molecule has 10 rings (SSSR count). The van der Waals surface area contributed by atoms with Crippen LogP contribution in [0.4, 0.5) is 0 Å². The molecule has 0 bridgehead atoms. The maximum Gasteiger partial charge on any atom is 0.147 e. The van der Waals surface area contributed by atoms with Crippen LogP contribution in [0.3, 0.4) is 0 Å².